The van der Waals surface area contributed by atoms with Crippen LogP contribution < -0.4 is 5.32 Å². The topological polar surface area (TPSA) is 12.0 Å². The van der Waals surface area contributed by atoms with Crippen molar-refractivity contribution in [1.29, 1.82) is 0 Å². The molecule has 0 radical (unpaired) electrons. The molecule has 0 saturated carbocycles. The van der Waals surface area contributed by atoms with Crippen molar-refractivity contribution in [3.63, 3.8) is 0 Å². The van der Waals surface area contributed by atoms with E-state index in [0.717, 1.165) is 12.3 Å². The largest absolute Gasteiger partial charge is 0.310 e. The molecule has 0 fully saturated rings. The van der Waals surface area contributed by atoms with Gasteiger partial charge in [-0.2, -0.15) is 0 Å². The minimum absolute atomic E-state index is 0.421. The summed E-state index contributed by atoms with van der Waals surface area (Å²) in [7, 11) is 0. The Hall–Kier alpha value is -1.25. The van der Waals surface area contributed by atoms with Crippen LogP contribution in [0.4, 0.5) is 0 Å². The molecule has 1 N–H and O–H groups in total. The van der Waals surface area contributed by atoms with Crippen LogP contribution in [0.5, 0.6) is 0 Å². The summed E-state index contributed by atoms with van der Waals surface area (Å²) in [6, 6.07) is 18.1. The van der Waals surface area contributed by atoms with E-state index in [-0.39, 0.29) is 0 Å². The first kappa shape index (κ1) is 16.1. The maximum absolute atomic E-state index is 3.55. The van der Waals surface area contributed by atoms with E-state index >= 15 is 0 Å². The summed E-state index contributed by atoms with van der Waals surface area (Å²) in [4.78, 5) is 1.35. The van der Waals surface area contributed by atoms with Gasteiger partial charge in [-0.05, 0) is 50.1 Å². The predicted molar refractivity (Wildman–Crippen MR) is 93.9 cm³/mol. The van der Waals surface area contributed by atoms with Gasteiger partial charge in [0.2, 0.25) is 0 Å². The van der Waals surface area contributed by atoms with Gasteiger partial charge in [0.05, 0.1) is 0 Å². The Morgan fingerprint density at radius 2 is 1.90 bits per heavy atom. The smallest absolute Gasteiger partial charge is 0.0292 e. The van der Waals surface area contributed by atoms with Crippen LogP contribution in [0, 0.1) is 6.92 Å². The maximum atomic E-state index is 3.55. The molecule has 21 heavy (non-hydrogen) atoms. The second-order valence-corrected chi connectivity index (χ2v) is 6.57. The van der Waals surface area contributed by atoms with Crippen LogP contribution in [0.15, 0.2) is 53.4 Å². The van der Waals surface area contributed by atoms with Crippen molar-refractivity contribution in [2.45, 2.75) is 43.9 Å². The molecule has 2 aromatic carbocycles. The van der Waals surface area contributed by atoms with Crippen LogP contribution in [0.1, 0.15) is 43.0 Å². The fourth-order valence-electron chi connectivity index (χ4n) is 2.32. The molecule has 1 atom stereocenters. The summed E-state index contributed by atoms with van der Waals surface area (Å²) in [6.07, 6.45) is 1.17. The highest BCUT2D eigenvalue weighted by molar-refractivity contribution is 7.98. The van der Waals surface area contributed by atoms with Crippen LogP contribution in [0.2, 0.25) is 0 Å². The van der Waals surface area contributed by atoms with Gasteiger partial charge < -0.3 is 5.32 Å². The number of thioether (sulfide) groups is 1. The molecular weight excluding hydrogens is 274 g/mol. The Morgan fingerprint density at radius 3 is 2.67 bits per heavy atom. The second kappa shape index (κ2) is 8.26. The summed E-state index contributed by atoms with van der Waals surface area (Å²) < 4.78 is 0. The summed E-state index contributed by atoms with van der Waals surface area (Å²) >= 11 is 1.91. The van der Waals surface area contributed by atoms with Crippen LogP contribution in [-0.2, 0) is 5.75 Å². The first-order valence-electron chi connectivity index (χ1n) is 7.70. The number of hydrogen-bond donors (Lipinski definition) is 1. The third kappa shape index (κ3) is 5.22. The fraction of sp³-hybridized carbons (Fsp3) is 0.368. The Kier molecular flexibility index (Phi) is 6.34. The van der Waals surface area contributed by atoms with E-state index in [4.69, 9.17) is 0 Å². The molecule has 2 rings (SSSR count). The van der Waals surface area contributed by atoms with Crippen LogP contribution >= 0.6 is 11.8 Å². The van der Waals surface area contributed by atoms with Crippen LogP contribution in [0.3, 0.4) is 0 Å². The molecule has 0 heterocycles. The van der Waals surface area contributed by atoms with Crippen molar-refractivity contribution in [2.24, 2.45) is 0 Å². The zero-order valence-electron chi connectivity index (χ0n) is 13.2. The van der Waals surface area contributed by atoms with Crippen molar-refractivity contribution < 1.29 is 0 Å². The summed E-state index contributed by atoms with van der Waals surface area (Å²) in [5, 5.41) is 3.55. The highest BCUT2D eigenvalue weighted by atomic mass is 32.2. The van der Waals surface area contributed by atoms with Crippen LogP contribution in [0.25, 0.3) is 0 Å². The number of hydrogen-bond acceptors (Lipinski definition) is 2. The van der Waals surface area contributed by atoms with E-state index in [1.807, 2.05) is 11.8 Å². The van der Waals surface area contributed by atoms with Gasteiger partial charge in [0.25, 0.3) is 0 Å². The molecule has 0 spiro atoms. The lowest BCUT2D eigenvalue weighted by Crippen LogP contribution is -2.19. The molecule has 0 aromatic heterocycles. The molecule has 0 amide bonds. The quantitative estimate of drug-likeness (QED) is 0.692. The number of aryl methyl sites for hydroxylation is 1. The number of nitrogens with one attached hydrogen (secondary N) is 1. The predicted octanol–water partition coefficient (Wildman–Crippen LogP) is 5.35. The minimum Gasteiger partial charge on any atom is -0.310 e. The summed E-state index contributed by atoms with van der Waals surface area (Å²) in [5.74, 6) is 1.03. The Labute approximate surface area is 133 Å². The van der Waals surface area contributed by atoms with Crippen molar-refractivity contribution in [1.82, 2.24) is 5.32 Å². The molecule has 2 heteroatoms. The molecule has 112 valence electrons. The van der Waals surface area contributed by atoms with Gasteiger partial charge in [-0.1, -0.05) is 48.9 Å². The fourth-order valence-corrected chi connectivity index (χ4v) is 3.23. The molecule has 0 aliphatic heterocycles. The van der Waals surface area contributed by atoms with Gasteiger partial charge in [-0.15, -0.1) is 11.8 Å². The lowest BCUT2D eigenvalue weighted by atomic mass is 10.1. The Bertz CT molecular complexity index is 565. The highest BCUT2D eigenvalue weighted by Gasteiger charge is 2.05. The second-order valence-electron chi connectivity index (χ2n) is 5.53. The first-order valence-corrected chi connectivity index (χ1v) is 8.69. The number of benzene rings is 2. The standard InChI is InChI=1S/C19H25NS/c1-4-11-20-16(3)18-9-6-10-19(13-18)21-14-17-8-5-7-15(2)12-17/h5-10,12-13,16,20H,4,11,14H2,1-3H3. The third-order valence-corrected chi connectivity index (χ3v) is 4.61. The van der Waals surface area contributed by atoms with Crippen molar-refractivity contribution in [3.8, 4) is 0 Å². The summed E-state index contributed by atoms with van der Waals surface area (Å²) in [5.41, 5.74) is 4.10. The van der Waals surface area contributed by atoms with E-state index in [0.29, 0.717) is 6.04 Å². The first-order chi connectivity index (χ1) is 10.2. The van der Waals surface area contributed by atoms with Gasteiger partial charge in [0.1, 0.15) is 0 Å². The summed E-state index contributed by atoms with van der Waals surface area (Å²) in [6.45, 7) is 7.66. The average molecular weight is 299 g/mol. The SMILES string of the molecule is CCCNC(C)c1cccc(SCc2cccc(C)c2)c1. The molecule has 1 unspecified atom stereocenters. The Balaban J connectivity index is 1.97. The lowest BCUT2D eigenvalue weighted by Gasteiger charge is -2.14. The molecule has 0 aliphatic carbocycles. The molecule has 0 saturated heterocycles. The third-order valence-electron chi connectivity index (χ3n) is 3.55. The van der Waals surface area contributed by atoms with Crippen molar-refractivity contribution >= 4 is 11.8 Å². The van der Waals surface area contributed by atoms with E-state index in [1.54, 1.807) is 0 Å². The lowest BCUT2D eigenvalue weighted by molar-refractivity contribution is 0.570. The van der Waals surface area contributed by atoms with E-state index < -0.39 is 0 Å². The normalized spacial score (nSPS) is 12.3. The molecular formula is C19H25NS. The van der Waals surface area contributed by atoms with Gasteiger partial charge in [-0.25, -0.2) is 0 Å². The zero-order chi connectivity index (χ0) is 15.1. The van der Waals surface area contributed by atoms with Crippen molar-refractivity contribution in [2.75, 3.05) is 6.54 Å². The minimum atomic E-state index is 0.421. The van der Waals surface area contributed by atoms with Crippen molar-refractivity contribution in [3.05, 3.63) is 65.2 Å². The van der Waals surface area contributed by atoms with Crippen LogP contribution in [-0.4, -0.2) is 6.54 Å². The van der Waals surface area contributed by atoms with Gasteiger partial charge in [0, 0.05) is 16.7 Å². The number of rotatable bonds is 7. The monoisotopic (exact) mass is 299 g/mol. The molecule has 0 aliphatic rings. The van der Waals surface area contributed by atoms with Gasteiger partial charge in [-0.3, -0.25) is 0 Å². The van der Waals surface area contributed by atoms with E-state index in [9.17, 15) is 0 Å². The molecule has 0 bridgehead atoms. The van der Waals surface area contributed by atoms with E-state index in [2.05, 4.69) is 74.6 Å². The zero-order valence-corrected chi connectivity index (χ0v) is 14.0. The maximum Gasteiger partial charge on any atom is 0.0292 e. The molecule has 1 nitrogen and oxygen atoms in total. The van der Waals surface area contributed by atoms with Gasteiger partial charge >= 0.3 is 0 Å². The van der Waals surface area contributed by atoms with E-state index in [1.165, 1.54) is 28.0 Å². The highest BCUT2D eigenvalue weighted by Crippen LogP contribution is 2.25. The Morgan fingerprint density at radius 1 is 1.10 bits per heavy atom. The van der Waals surface area contributed by atoms with Gasteiger partial charge in [0.15, 0.2) is 0 Å². The average Bonchev–Trinajstić information content (AvgIpc) is 2.51. The molecule has 2 aromatic rings.